The summed E-state index contributed by atoms with van der Waals surface area (Å²) in [5.74, 6) is -4.28. The maximum Gasteiger partial charge on any atom is 0.410 e. The number of carboxylic acids is 1. The monoisotopic (exact) mass is 445 g/mol. The van der Waals surface area contributed by atoms with Crippen LogP contribution in [0.2, 0.25) is 0 Å². The number of nitrogens with zero attached hydrogens (tertiary/aromatic N) is 5. The molecule has 1 aliphatic rings. The second-order valence-corrected chi connectivity index (χ2v) is 7.84. The third kappa shape index (κ3) is 3.97. The second-order valence-electron chi connectivity index (χ2n) is 7.84. The largest absolute Gasteiger partial charge is 0.478 e. The van der Waals surface area contributed by atoms with Crippen LogP contribution in [0.1, 0.15) is 43.1 Å². The maximum atomic E-state index is 14.4. The Balaban J connectivity index is 1.55. The molecule has 4 rings (SSSR count). The van der Waals surface area contributed by atoms with Gasteiger partial charge in [0.1, 0.15) is 11.0 Å². The molecule has 3 aromatic rings. The van der Waals surface area contributed by atoms with Crippen molar-refractivity contribution in [1.29, 1.82) is 0 Å². The number of carbonyl (C=O) groups is 2. The Bertz CT molecular complexity index is 1190. The highest BCUT2D eigenvalue weighted by atomic mass is 19.2. The molecule has 1 N–H and O–H groups in total. The molecular formula is C21H21F2N5O4. The lowest BCUT2D eigenvalue weighted by Crippen LogP contribution is -2.40. The molecule has 11 heteroatoms. The van der Waals surface area contributed by atoms with Crippen LogP contribution in [-0.4, -0.2) is 61.2 Å². The highest BCUT2D eigenvalue weighted by Crippen LogP contribution is 2.29. The molecule has 0 aliphatic carbocycles. The van der Waals surface area contributed by atoms with Crippen molar-refractivity contribution in [3.05, 3.63) is 41.6 Å². The maximum absolute atomic E-state index is 14.4. The number of likely N-dealkylation sites (tertiary alicyclic amines) is 1. The fourth-order valence-electron chi connectivity index (χ4n) is 3.74. The number of aromatic nitrogens is 4. The smallest absolute Gasteiger partial charge is 0.410 e. The minimum absolute atomic E-state index is 0.000203. The molecule has 1 aliphatic heterocycles. The lowest BCUT2D eigenvalue weighted by Gasteiger charge is -2.31. The van der Waals surface area contributed by atoms with E-state index in [1.807, 2.05) is 0 Å². The van der Waals surface area contributed by atoms with Crippen LogP contribution < -0.4 is 0 Å². The van der Waals surface area contributed by atoms with Crippen LogP contribution in [-0.2, 0) is 4.74 Å². The number of carbonyl (C=O) groups excluding carboxylic acids is 1. The number of amides is 1. The number of pyridine rings is 1. The average molecular weight is 445 g/mol. The summed E-state index contributed by atoms with van der Waals surface area (Å²) in [7, 11) is 0. The van der Waals surface area contributed by atoms with E-state index < -0.39 is 23.2 Å². The third-order valence-electron chi connectivity index (χ3n) is 5.35. The first-order valence-corrected chi connectivity index (χ1v) is 10.1. The number of benzene rings is 1. The minimum atomic E-state index is -1.55. The molecule has 32 heavy (non-hydrogen) atoms. The van der Waals surface area contributed by atoms with Crippen LogP contribution in [0.3, 0.4) is 0 Å². The van der Waals surface area contributed by atoms with E-state index in [9.17, 15) is 18.4 Å². The summed E-state index contributed by atoms with van der Waals surface area (Å²) in [4.78, 5) is 28.9. The molecule has 0 radical (unpaired) electrons. The van der Waals surface area contributed by atoms with E-state index in [-0.39, 0.29) is 29.5 Å². The first-order valence-electron chi connectivity index (χ1n) is 10.1. The van der Waals surface area contributed by atoms with Crippen molar-refractivity contribution in [3.63, 3.8) is 0 Å². The Hall–Kier alpha value is -3.63. The molecule has 3 heterocycles. The van der Waals surface area contributed by atoms with Gasteiger partial charge in [0.2, 0.25) is 0 Å². The number of piperidine rings is 1. The van der Waals surface area contributed by atoms with Gasteiger partial charge in [0.05, 0.1) is 29.6 Å². The average Bonchev–Trinajstić information content (AvgIpc) is 3.18. The summed E-state index contributed by atoms with van der Waals surface area (Å²) in [6.45, 7) is 4.63. The molecule has 9 nitrogen and oxygen atoms in total. The van der Waals surface area contributed by atoms with Crippen molar-refractivity contribution in [2.45, 2.75) is 38.8 Å². The number of carboxylic acid groups (broad SMARTS) is 1. The SMILES string of the molecule is CC(C)OC(=O)N1CCC(n2nnc3cc(-c4ccc(C(=O)O)c(F)c4F)ncc32)CC1. The molecule has 0 unspecified atom stereocenters. The molecule has 1 amide bonds. The molecule has 2 aromatic heterocycles. The van der Waals surface area contributed by atoms with E-state index in [4.69, 9.17) is 9.84 Å². The highest BCUT2D eigenvalue weighted by molar-refractivity contribution is 5.89. The van der Waals surface area contributed by atoms with Crippen molar-refractivity contribution in [1.82, 2.24) is 24.9 Å². The summed E-state index contributed by atoms with van der Waals surface area (Å²) >= 11 is 0. The highest BCUT2D eigenvalue weighted by Gasteiger charge is 2.27. The van der Waals surface area contributed by atoms with Crippen molar-refractivity contribution < 1.29 is 28.2 Å². The van der Waals surface area contributed by atoms with Crippen LogP contribution in [0.5, 0.6) is 0 Å². The van der Waals surface area contributed by atoms with Gasteiger partial charge < -0.3 is 14.7 Å². The molecule has 168 valence electrons. The lowest BCUT2D eigenvalue weighted by molar-refractivity contribution is 0.0652. The van der Waals surface area contributed by atoms with Gasteiger partial charge in [-0.05, 0) is 44.9 Å². The predicted octanol–water partition coefficient (Wildman–Crippen LogP) is 3.65. The molecular weight excluding hydrogens is 424 g/mol. The molecule has 0 spiro atoms. The zero-order valence-corrected chi connectivity index (χ0v) is 17.5. The van der Waals surface area contributed by atoms with Gasteiger partial charge in [-0.1, -0.05) is 5.21 Å². The summed E-state index contributed by atoms with van der Waals surface area (Å²) in [6, 6.07) is 3.65. The Morgan fingerprint density at radius 1 is 1.19 bits per heavy atom. The van der Waals surface area contributed by atoms with Crippen molar-refractivity contribution >= 4 is 23.1 Å². The predicted molar refractivity (Wildman–Crippen MR) is 109 cm³/mol. The summed E-state index contributed by atoms with van der Waals surface area (Å²) in [5, 5.41) is 17.3. The molecule has 0 saturated carbocycles. The number of ether oxygens (including phenoxy) is 1. The molecule has 0 atom stereocenters. The topological polar surface area (TPSA) is 110 Å². The van der Waals surface area contributed by atoms with Gasteiger partial charge in [-0.3, -0.25) is 4.98 Å². The standard InChI is InChI=1S/C21H21F2N5O4/c1-11(2)32-21(31)27-7-5-12(6-8-27)28-17-10-24-15(9-16(17)25-26-28)13-3-4-14(20(29)30)19(23)18(13)22/h3-4,9-12H,5-8H2,1-2H3,(H,29,30). The van der Waals surface area contributed by atoms with Crippen LogP contribution in [0, 0.1) is 11.6 Å². The van der Waals surface area contributed by atoms with Crippen LogP contribution >= 0.6 is 0 Å². The fraction of sp³-hybridized carbons (Fsp3) is 0.381. The van der Waals surface area contributed by atoms with Gasteiger partial charge in [-0.2, -0.15) is 0 Å². The first-order chi connectivity index (χ1) is 15.3. The second kappa shape index (κ2) is 8.48. The number of rotatable bonds is 4. The number of aromatic carboxylic acids is 1. The van der Waals surface area contributed by atoms with Crippen molar-refractivity contribution in [2.75, 3.05) is 13.1 Å². The van der Waals surface area contributed by atoms with E-state index >= 15 is 0 Å². The fourth-order valence-corrected chi connectivity index (χ4v) is 3.74. The normalized spacial score (nSPS) is 14.8. The Morgan fingerprint density at radius 3 is 2.56 bits per heavy atom. The Kier molecular flexibility index (Phi) is 5.72. The van der Waals surface area contributed by atoms with E-state index in [1.165, 1.54) is 18.3 Å². The summed E-state index contributed by atoms with van der Waals surface area (Å²) in [5.41, 5.74) is 0.269. The molecule has 1 aromatic carbocycles. The number of hydrogen-bond acceptors (Lipinski definition) is 6. The molecule has 0 bridgehead atoms. The third-order valence-corrected chi connectivity index (χ3v) is 5.35. The van der Waals surface area contributed by atoms with Gasteiger partial charge in [0.15, 0.2) is 11.6 Å². The van der Waals surface area contributed by atoms with E-state index in [0.717, 1.165) is 6.07 Å². The summed E-state index contributed by atoms with van der Waals surface area (Å²) < 4.78 is 35.4. The van der Waals surface area contributed by atoms with Crippen molar-refractivity contribution in [2.24, 2.45) is 0 Å². The van der Waals surface area contributed by atoms with Gasteiger partial charge in [0.25, 0.3) is 0 Å². The van der Waals surface area contributed by atoms with Gasteiger partial charge >= 0.3 is 12.1 Å². The zero-order valence-electron chi connectivity index (χ0n) is 17.5. The van der Waals surface area contributed by atoms with Crippen LogP contribution in [0.25, 0.3) is 22.3 Å². The number of halogens is 2. The molecule has 1 saturated heterocycles. The zero-order chi connectivity index (χ0) is 23.0. The van der Waals surface area contributed by atoms with E-state index in [1.54, 1.807) is 23.4 Å². The first kappa shape index (κ1) is 21.6. The van der Waals surface area contributed by atoms with Gasteiger partial charge in [-0.15, -0.1) is 5.10 Å². The van der Waals surface area contributed by atoms with E-state index in [2.05, 4.69) is 15.3 Å². The van der Waals surface area contributed by atoms with Gasteiger partial charge in [-0.25, -0.2) is 23.1 Å². The van der Waals surface area contributed by atoms with Gasteiger partial charge in [0, 0.05) is 18.7 Å². The Morgan fingerprint density at radius 2 is 1.91 bits per heavy atom. The van der Waals surface area contributed by atoms with E-state index in [0.29, 0.717) is 37.0 Å². The quantitative estimate of drug-likeness (QED) is 0.653. The summed E-state index contributed by atoms with van der Waals surface area (Å²) in [6.07, 6.45) is 2.27. The van der Waals surface area contributed by atoms with Crippen molar-refractivity contribution in [3.8, 4) is 11.3 Å². The van der Waals surface area contributed by atoms with Crippen LogP contribution in [0.4, 0.5) is 13.6 Å². The minimum Gasteiger partial charge on any atom is -0.478 e. The number of fused-ring (bicyclic) bond motifs is 1. The Labute approximate surface area is 181 Å². The van der Waals surface area contributed by atoms with Crippen LogP contribution in [0.15, 0.2) is 24.4 Å². The lowest BCUT2D eigenvalue weighted by atomic mass is 10.0. The molecule has 1 fully saturated rings. The number of hydrogen-bond donors (Lipinski definition) is 1.